The van der Waals surface area contributed by atoms with Gasteiger partial charge in [-0.3, -0.25) is 9.69 Å². The molecule has 0 unspecified atom stereocenters. The van der Waals surface area contributed by atoms with Crippen LogP contribution in [0.2, 0.25) is 0 Å². The van der Waals surface area contributed by atoms with Crippen molar-refractivity contribution in [2.24, 2.45) is 0 Å². The molecule has 2 aliphatic rings. The average Bonchev–Trinajstić information content (AvgIpc) is 3.25. The van der Waals surface area contributed by atoms with E-state index >= 15 is 0 Å². The lowest BCUT2D eigenvalue weighted by atomic mass is 9.96. The van der Waals surface area contributed by atoms with Crippen molar-refractivity contribution >= 4 is 5.91 Å². The van der Waals surface area contributed by atoms with E-state index in [1.165, 1.54) is 11.1 Å². The maximum atomic E-state index is 12.6. The van der Waals surface area contributed by atoms with E-state index < -0.39 is 0 Å². The summed E-state index contributed by atoms with van der Waals surface area (Å²) < 4.78 is 5.58. The van der Waals surface area contributed by atoms with Gasteiger partial charge >= 0.3 is 0 Å². The minimum Gasteiger partial charge on any atom is -0.368 e. The number of ether oxygens (including phenoxy) is 1. The minimum absolute atomic E-state index is 0.179. The molecule has 0 spiro atoms. The van der Waals surface area contributed by atoms with E-state index in [0.717, 1.165) is 45.6 Å². The lowest BCUT2D eigenvalue weighted by molar-refractivity contribution is -0.142. The van der Waals surface area contributed by atoms with Gasteiger partial charge in [0.15, 0.2) is 0 Å². The van der Waals surface area contributed by atoms with E-state index in [9.17, 15) is 4.79 Å². The average molecular weight is 350 g/mol. The molecule has 0 bridgehead atoms. The summed E-state index contributed by atoms with van der Waals surface area (Å²) in [5.74, 6) is 0.179. The zero-order valence-corrected chi connectivity index (χ0v) is 15.1. The number of piperazine rings is 1. The molecule has 2 fully saturated rings. The van der Waals surface area contributed by atoms with Crippen LogP contribution in [0.15, 0.2) is 60.7 Å². The largest absolute Gasteiger partial charge is 0.368 e. The van der Waals surface area contributed by atoms with Crippen molar-refractivity contribution in [3.63, 3.8) is 0 Å². The number of rotatable bonds is 4. The van der Waals surface area contributed by atoms with Crippen LogP contribution in [-0.4, -0.2) is 54.6 Å². The summed E-state index contributed by atoms with van der Waals surface area (Å²) in [5, 5.41) is 0. The molecule has 0 aliphatic carbocycles. The second-order valence-electron chi connectivity index (χ2n) is 7.09. The third-order valence-electron chi connectivity index (χ3n) is 5.43. The third kappa shape index (κ3) is 3.67. The fraction of sp³-hybridized carbons (Fsp3) is 0.409. The number of hydrogen-bond donors (Lipinski definition) is 0. The molecular formula is C22H26N2O2. The van der Waals surface area contributed by atoms with Gasteiger partial charge in [0.1, 0.15) is 6.10 Å². The summed E-state index contributed by atoms with van der Waals surface area (Å²) in [6.07, 6.45) is 1.66. The molecule has 2 heterocycles. The number of carbonyl (C=O) groups excluding carboxylic acids is 1. The van der Waals surface area contributed by atoms with Crippen LogP contribution in [0, 0.1) is 0 Å². The zero-order chi connectivity index (χ0) is 17.8. The number of carbonyl (C=O) groups is 1. The third-order valence-corrected chi connectivity index (χ3v) is 5.43. The van der Waals surface area contributed by atoms with E-state index in [0.29, 0.717) is 0 Å². The lowest BCUT2D eigenvalue weighted by Crippen LogP contribution is -2.52. The summed E-state index contributed by atoms with van der Waals surface area (Å²) in [4.78, 5) is 17.1. The predicted molar refractivity (Wildman–Crippen MR) is 102 cm³/mol. The summed E-state index contributed by atoms with van der Waals surface area (Å²) >= 11 is 0. The van der Waals surface area contributed by atoms with Crippen molar-refractivity contribution in [1.82, 2.24) is 9.80 Å². The fourth-order valence-electron chi connectivity index (χ4n) is 4.06. The molecule has 1 amide bonds. The topological polar surface area (TPSA) is 32.8 Å². The molecule has 2 aliphatic heterocycles. The van der Waals surface area contributed by atoms with Crippen LogP contribution in [0.5, 0.6) is 0 Å². The molecule has 0 N–H and O–H groups in total. The fourth-order valence-corrected chi connectivity index (χ4v) is 4.06. The van der Waals surface area contributed by atoms with Crippen LogP contribution in [0.4, 0.5) is 0 Å². The Kier molecular flexibility index (Phi) is 5.32. The molecule has 1 atom stereocenters. The molecule has 26 heavy (non-hydrogen) atoms. The Hall–Kier alpha value is -2.17. The lowest BCUT2D eigenvalue weighted by Gasteiger charge is -2.40. The van der Waals surface area contributed by atoms with Crippen LogP contribution >= 0.6 is 0 Å². The van der Waals surface area contributed by atoms with E-state index in [1.54, 1.807) is 0 Å². The van der Waals surface area contributed by atoms with Gasteiger partial charge in [0.25, 0.3) is 5.91 Å². The van der Waals surface area contributed by atoms with Crippen LogP contribution in [0.1, 0.15) is 30.0 Å². The maximum absolute atomic E-state index is 12.6. The van der Waals surface area contributed by atoms with Crippen molar-refractivity contribution in [2.45, 2.75) is 25.0 Å². The first kappa shape index (κ1) is 17.3. The Bertz CT molecular complexity index is 666. The van der Waals surface area contributed by atoms with Crippen LogP contribution in [-0.2, 0) is 9.53 Å². The van der Waals surface area contributed by atoms with Gasteiger partial charge in [-0.25, -0.2) is 0 Å². The molecule has 0 aromatic heterocycles. The van der Waals surface area contributed by atoms with Crippen molar-refractivity contribution in [3.8, 4) is 0 Å². The molecule has 0 radical (unpaired) electrons. The van der Waals surface area contributed by atoms with Gasteiger partial charge in [0, 0.05) is 32.8 Å². The number of amides is 1. The molecule has 2 saturated heterocycles. The Labute approximate surface area is 155 Å². The molecule has 0 saturated carbocycles. The highest BCUT2D eigenvalue weighted by Gasteiger charge is 2.32. The van der Waals surface area contributed by atoms with E-state index in [1.807, 2.05) is 4.90 Å². The molecular weight excluding hydrogens is 324 g/mol. The SMILES string of the molecule is O=C([C@H]1CCCO1)N1CCN(C(c2ccccc2)c2ccccc2)CC1. The van der Waals surface area contributed by atoms with Gasteiger partial charge in [-0.1, -0.05) is 60.7 Å². The molecule has 4 rings (SSSR count). The Morgan fingerprint density at radius 2 is 1.46 bits per heavy atom. The Morgan fingerprint density at radius 1 is 0.885 bits per heavy atom. The summed E-state index contributed by atoms with van der Waals surface area (Å²) in [6.45, 7) is 4.03. The molecule has 136 valence electrons. The first-order chi connectivity index (χ1) is 12.8. The highest BCUT2D eigenvalue weighted by Crippen LogP contribution is 2.29. The normalized spacial score (nSPS) is 21.3. The quantitative estimate of drug-likeness (QED) is 0.849. The summed E-state index contributed by atoms with van der Waals surface area (Å²) in [7, 11) is 0. The minimum atomic E-state index is -0.208. The van der Waals surface area contributed by atoms with Crippen LogP contribution in [0.3, 0.4) is 0 Å². The van der Waals surface area contributed by atoms with Crippen LogP contribution in [0.25, 0.3) is 0 Å². The second-order valence-corrected chi connectivity index (χ2v) is 7.09. The van der Waals surface area contributed by atoms with Crippen molar-refractivity contribution < 1.29 is 9.53 Å². The molecule has 4 nitrogen and oxygen atoms in total. The number of nitrogens with zero attached hydrogens (tertiary/aromatic N) is 2. The van der Waals surface area contributed by atoms with Crippen molar-refractivity contribution in [3.05, 3.63) is 71.8 Å². The number of benzene rings is 2. The van der Waals surface area contributed by atoms with Gasteiger partial charge in [-0.15, -0.1) is 0 Å². The van der Waals surface area contributed by atoms with E-state index in [-0.39, 0.29) is 18.1 Å². The number of hydrogen-bond acceptors (Lipinski definition) is 3. The van der Waals surface area contributed by atoms with Gasteiger partial charge in [-0.05, 0) is 24.0 Å². The van der Waals surface area contributed by atoms with Crippen molar-refractivity contribution in [2.75, 3.05) is 32.8 Å². The Morgan fingerprint density at radius 3 is 1.96 bits per heavy atom. The second kappa shape index (κ2) is 8.02. The van der Waals surface area contributed by atoms with Gasteiger partial charge < -0.3 is 9.64 Å². The molecule has 2 aromatic rings. The van der Waals surface area contributed by atoms with Gasteiger partial charge in [-0.2, -0.15) is 0 Å². The van der Waals surface area contributed by atoms with E-state index in [4.69, 9.17) is 4.74 Å². The molecule has 2 aromatic carbocycles. The van der Waals surface area contributed by atoms with Crippen molar-refractivity contribution in [1.29, 1.82) is 0 Å². The van der Waals surface area contributed by atoms with E-state index in [2.05, 4.69) is 65.6 Å². The van der Waals surface area contributed by atoms with Gasteiger partial charge in [0.2, 0.25) is 0 Å². The Balaban J connectivity index is 1.49. The zero-order valence-electron chi connectivity index (χ0n) is 15.1. The predicted octanol–water partition coefficient (Wildman–Crippen LogP) is 3.10. The first-order valence-corrected chi connectivity index (χ1v) is 9.57. The highest BCUT2D eigenvalue weighted by atomic mass is 16.5. The maximum Gasteiger partial charge on any atom is 0.251 e. The van der Waals surface area contributed by atoms with Gasteiger partial charge in [0.05, 0.1) is 6.04 Å². The highest BCUT2D eigenvalue weighted by molar-refractivity contribution is 5.81. The summed E-state index contributed by atoms with van der Waals surface area (Å²) in [6, 6.07) is 21.5. The smallest absolute Gasteiger partial charge is 0.251 e. The molecule has 4 heteroatoms. The standard InChI is InChI=1S/C22H26N2O2/c25-22(20-12-7-17-26-20)24-15-13-23(14-16-24)21(18-8-3-1-4-9-18)19-10-5-2-6-11-19/h1-6,8-11,20-21H,7,12-17H2/t20-/m1/s1. The van der Waals surface area contributed by atoms with Crippen LogP contribution < -0.4 is 0 Å². The summed E-state index contributed by atoms with van der Waals surface area (Å²) in [5.41, 5.74) is 2.61. The first-order valence-electron chi connectivity index (χ1n) is 9.57. The monoisotopic (exact) mass is 350 g/mol.